The van der Waals surface area contributed by atoms with E-state index in [4.69, 9.17) is 18.9 Å². The van der Waals surface area contributed by atoms with E-state index >= 15 is 0 Å². The number of hydrogen-bond donors (Lipinski definition) is 3. The van der Waals surface area contributed by atoms with Crippen molar-refractivity contribution in [3.05, 3.63) is 111 Å². The molecule has 2 amide bonds. The zero-order valence-corrected chi connectivity index (χ0v) is 39.0. The van der Waals surface area contributed by atoms with Gasteiger partial charge in [0.25, 0.3) is 0 Å². The van der Waals surface area contributed by atoms with Crippen LogP contribution in [0.25, 0.3) is 0 Å². The van der Waals surface area contributed by atoms with E-state index in [2.05, 4.69) is 43.5 Å². The van der Waals surface area contributed by atoms with Crippen molar-refractivity contribution in [3.63, 3.8) is 0 Å². The van der Waals surface area contributed by atoms with Crippen LogP contribution in [0.1, 0.15) is 94.6 Å². The number of nitrogens with one attached hydrogen (secondary N) is 2. The highest BCUT2D eigenvalue weighted by Gasteiger charge is 2.36. The Kier molecular flexibility index (Phi) is 20.8. The Bertz CT molecular complexity index is 2190. The summed E-state index contributed by atoms with van der Waals surface area (Å²) < 4.78 is 48.7. The number of sulfone groups is 1. The molecule has 2 fully saturated rings. The highest BCUT2D eigenvalue weighted by molar-refractivity contribution is 7.91. The van der Waals surface area contributed by atoms with Crippen molar-refractivity contribution < 1.29 is 61.2 Å². The Hall–Kier alpha value is -6.29. The van der Waals surface area contributed by atoms with Gasteiger partial charge in [0.05, 0.1) is 21.6 Å². The second-order valence-electron chi connectivity index (χ2n) is 17.3. The predicted octanol–water partition coefficient (Wildman–Crippen LogP) is 7.70. The van der Waals surface area contributed by atoms with E-state index in [1.807, 2.05) is 0 Å². The molecule has 15 nitrogen and oxygen atoms in total. The number of ketones is 1. The Morgan fingerprint density at radius 1 is 0.657 bits per heavy atom. The molecule has 0 aliphatic heterocycles. The molecule has 0 saturated heterocycles. The van der Waals surface area contributed by atoms with E-state index in [9.17, 15) is 42.3 Å². The van der Waals surface area contributed by atoms with E-state index < -0.39 is 39.3 Å². The number of phenolic OH excluding ortho intramolecular Hbond substituents is 1. The van der Waals surface area contributed by atoms with Crippen LogP contribution in [0.4, 0.5) is 4.79 Å². The lowest BCUT2D eigenvalue weighted by molar-refractivity contribution is -0.159. The number of benzene rings is 2. The molecule has 16 heteroatoms. The van der Waals surface area contributed by atoms with E-state index in [0.29, 0.717) is 29.4 Å². The van der Waals surface area contributed by atoms with Crippen molar-refractivity contribution in [1.82, 2.24) is 10.6 Å². The molecule has 2 saturated carbocycles. The number of amides is 2. The fourth-order valence-corrected chi connectivity index (χ4v) is 9.75. The summed E-state index contributed by atoms with van der Waals surface area (Å²) in [6.45, 7) is 16.6. The number of carbonyl (C=O) groups excluding carboxylic acids is 6. The summed E-state index contributed by atoms with van der Waals surface area (Å²) in [6.07, 6.45) is 14.0. The van der Waals surface area contributed by atoms with Crippen molar-refractivity contribution in [2.75, 3.05) is 19.8 Å². The summed E-state index contributed by atoms with van der Waals surface area (Å²) in [5.41, 5.74) is -0.331. The number of esters is 3. The van der Waals surface area contributed by atoms with Crippen molar-refractivity contribution in [2.24, 2.45) is 17.3 Å². The van der Waals surface area contributed by atoms with Gasteiger partial charge in [-0.1, -0.05) is 31.9 Å². The van der Waals surface area contributed by atoms with Gasteiger partial charge in [-0.05, 0) is 137 Å². The number of carbonyl (C=O) groups is 6. The minimum atomic E-state index is -3.95. The van der Waals surface area contributed by atoms with Crippen LogP contribution in [0.5, 0.6) is 11.5 Å². The average molecular weight is 945 g/mol. The van der Waals surface area contributed by atoms with Gasteiger partial charge < -0.3 is 34.7 Å². The quantitative estimate of drug-likeness (QED) is 0.0357. The van der Waals surface area contributed by atoms with Crippen molar-refractivity contribution >= 4 is 45.5 Å². The highest BCUT2D eigenvalue weighted by Crippen LogP contribution is 2.36. The summed E-state index contributed by atoms with van der Waals surface area (Å²) in [5, 5.41) is 16.1. The number of aromatic hydroxyl groups is 1. The lowest BCUT2D eigenvalue weighted by Crippen LogP contribution is -2.40. The first-order valence-electron chi connectivity index (χ1n) is 22.6. The number of hydrogen-bond acceptors (Lipinski definition) is 13. The van der Waals surface area contributed by atoms with Gasteiger partial charge in [0.1, 0.15) is 31.3 Å². The first-order valence-corrected chi connectivity index (χ1v) is 24.1. The third kappa shape index (κ3) is 16.8. The Morgan fingerprint density at radius 3 is 1.73 bits per heavy atom. The van der Waals surface area contributed by atoms with Crippen molar-refractivity contribution in [3.8, 4) is 11.5 Å². The first kappa shape index (κ1) is 53.3. The molecule has 0 aromatic heterocycles. The van der Waals surface area contributed by atoms with Gasteiger partial charge in [-0.15, -0.1) is 13.2 Å². The zero-order valence-electron chi connectivity index (χ0n) is 38.2. The third-order valence-corrected chi connectivity index (χ3v) is 14.0. The van der Waals surface area contributed by atoms with Crippen LogP contribution in [-0.2, 0) is 60.9 Å². The molecule has 0 atom stereocenters. The molecule has 0 unspecified atom stereocenters. The SMILES string of the molecule is C=CCc1cc(S(=O)(=O)c2ccc(OC(=O)NC3CCC(CC4CCC(NC(=O)CCC(=O)OCC(CCC(=O)C=C)(COC(=O)C=C)COC(=O)C=C)CC4)CC3)c(CC=C)c2)ccc1O. The smallest absolute Gasteiger partial charge is 0.412 e. The number of phenols is 1. The largest absolute Gasteiger partial charge is 0.508 e. The molecule has 0 spiro atoms. The molecule has 3 N–H and O–H groups in total. The molecule has 2 aromatic carbocycles. The molecule has 362 valence electrons. The maximum atomic E-state index is 13.5. The van der Waals surface area contributed by atoms with E-state index in [1.54, 1.807) is 12.2 Å². The molecule has 2 aliphatic carbocycles. The monoisotopic (exact) mass is 944 g/mol. The van der Waals surface area contributed by atoms with Crippen LogP contribution in [-0.4, -0.2) is 81.1 Å². The molecule has 0 radical (unpaired) electrons. The first-order chi connectivity index (χ1) is 32.0. The lowest BCUT2D eigenvalue weighted by atomic mass is 9.75. The molecular formula is C51H64N2O13S. The fourth-order valence-electron chi connectivity index (χ4n) is 8.39. The van der Waals surface area contributed by atoms with Crippen molar-refractivity contribution in [1.29, 1.82) is 0 Å². The van der Waals surface area contributed by atoms with Gasteiger partial charge >= 0.3 is 24.0 Å². The minimum absolute atomic E-state index is 0.0117. The van der Waals surface area contributed by atoms with Crippen LogP contribution in [0.3, 0.4) is 0 Å². The number of ether oxygens (including phenoxy) is 4. The summed E-state index contributed by atoms with van der Waals surface area (Å²) in [5.74, 6) is -1.54. The van der Waals surface area contributed by atoms with Gasteiger partial charge in [-0.25, -0.2) is 22.8 Å². The standard InChI is InChI=1S/C51H64N2O13S/c1-6-11-37-30-42(21-23-44(37)55)67(61,62)43-22-24-45(38(31-43)12-7-2)66-50(60)53-40-19-15-36(16-20-40)29-35-13-17-39(18-14-35)52-46(56)25-26-49(59)65-34-51(28-27-41(54)8-3,32-63-47(57)9-4)33-64-48(58)10-5/h6-10,21-24,30-31,35-36,39-40,55H,1-5,11-20,25-29,32-34H2,(H,52,56)(H,53,60). The zero-order chi connectivity index (χ0) is 49.0. The predicted molar refractivity (Wildman–Crippen MR) is 251 cm³/mol. The Balaban J connectivity index is 1.18. The normalized spacial score (nSPS) is 18.2. The summed E-state index contributed by atoms with van der Waals surface area (Å²) in [6, 6.07) is 8.39. The average Bonchev–Trinajstić information content (AvgIpc) is 3.32. The molecule has 0 heterocycles. The maximum absolute atomic E-state index is 13.5. The van der Waals surface area contributed by atoms with Crippen LogP contribution >= 0.6 is 0 Å². The summed E-state index contributed by atoms with van der Waals surface area (Å²) in [4.78, 5) is 74.6. The summed E-state index contributed by atoms with van der Waals surface area (Å²) >= 11 is 0. The van der Waals surface area contributed by atoms with Crippen molar-refractivity contribution in [2.45, 2.75) is 118 Å². The third-order valence-electron chi connectivity index (χ3n) is 12.3. The highest BCUT2D eigenvalue weighted by atomic mass is 32.2. The van der Waals surface area contributed by atoms with Gasteiger partial charge in [-0.3, -0.25) is 14.4 Å². The molecule has 67 heavy (non-hydrogen) atoms. The van der Waals surface area contributed by atoms with Crippen LogP contribution in [0.15, 0.2) is 109 Å². The van der Waals surface area contributed by atoms with Crippen LogP contribution in [0, 0.1) is 17.3 Å². The second kappa shape index (κ2) is 26.2. The van der Waals surface area contributed by atoms with Gasteiger partial charge in [0.2, 0.25) is 15.7 Å². The van der Waals surface area contributed by atoms with Gasteiger partial charge in [-0.2, -0.15) is 0 Å². The van der Waals surface area contributed by atoms with Gasteiger partial charge in [0, 0.05) is 42.6 Å². The Morgan fingerprint density at radius 2 is 1.18 bits per heavy atom. The number of allylic oxidation sites excluding steroid dienone is 3. The molecule has 0 bridgehead atoms. The number of rotatable bonds is 26. The Labute approximate surface area is 393 Å². The summed E-state index contributed by atoms with van der Waals surface area (Å²) in [7, 11) is -3.95. The molecule has 4 rings (SSSR count). The minimum Gasteiger partial charge on any atom is -0.508 e. The van der Waals surface area contributed by atoms with Crippen LogP contribution in [0.2, 0.25) is 0 Å². The lowest BCUT2D eigenvalue weighted by Gasteiger charge is -2.34. The van der Waals surface area contributed by atoms with E-state index in [-0.39, 0.29) is 97.0 Å². The van der Waals surface area contributed by atoms with E-state index in [0.717, 1.165) is 76.0 Å². The molecule has 2 aromatic rings. The van der Waals surface area contributed by atoms with Crippen LogP contribution < -0.4 is 15.4 Å². The topological polar surface area (TPSA) is 218 Å². The molecule has 2 aliphatic rings. The maximum Gasteiger partial charge on any atom is 0.412 e. The molecular weight excluding hydrogens is 881 g/mol. The van der Waals surface area contributed by atoms with E-state index in [1.165, 1.54) is 36.4 Å². The second-order valence-corrected chi connectivity index (χ2v) is 19.2. The van der Waals surface area contributed by atoms with Gasteiger partial charge in [0.15, 0.2) is 5.78 Å². The fraction of sp³-hybridized carbons (Fsp3) is 0.451.